The van der Waals surface area contributed by atoms with Crippen LogP contribution >= 0.6 is 27.3 Å². The van der Waals surface area contributed by atoms with Gasteiger partial charge in [0.15, 0.2) is 6.61 Å². The number of halogens is 1. The van der Waals surface area contributed by atoms with E-state index < -0.39 is 0 Å². The SMILES string of the molecule is Cc1sc2ncnc(OCC(=O)Nc3ccc(Br)cc3)c2c1C. The summed E-state index contributed by atoms with van der Waals surface area (Å²) in [7, 11) is 0. The molecule has 0 unspecified atom stereocenters. The first kappa shape index (κ1) is 15.9. The molecular formula is C16H14BrN3O2S. The van der Waals surface area contributed by atoms with Crippen LogP contribution in [0.5, 0.6) is 5.88 Å². The number of nitrogens with one attached hydrogen (secondary N) is 1. The molecule has 0 atom stereocenters. The molecular weight excluding hydrogens is 378 g/mol. The maximum atomic E-state index is 12.0. The minimum Gasteiger partial charge on any atom is -0.467 e. The predicted octanol–water partition coefficient (Wildman–Crippen LogP) is 4.09. The summed E-state index contributed by atoms with van der Waals surface area (Å²) >= 11 is 4.95. The first-order valence-electron chi connectivity index (χ1n) is 6.93. The molecule has 1 amide bonds. The lowest BCUT2D eigenvalue weighted by atomic mass is 10.2. The van der Waals surface area contributed by atoms with Crippen LogP contribution in [0.4, 0.5) is 5.69 Å². The van der Waals surface area contributed by atoms with Gasteiger partial charge in [0.25, 0.3) is 5.91 Å². The summed E-state index contributed by atoms with van der Waals surface area (Å²) < 4.78 is 6.56. The third-order valence-corrected chi connectivity index (χ3v) is 5.04. The smallest absolute Gasteiger partial charge is 0.262 e. The van der Waals surface area contributed by atoms with Gasteiger partial charge in [-0.1, -0.05) is 15.9 Å². The molecule has 0 spiro atoms. The normalized spacial score (nSPS) is 10.7. The van der Waals surface area contributed by atoms with Gasteiger partial charge in [0, 0.05) is 15.0 Å². The summed E-state index contributed by atoms with van der Waals surface area (Å²) in [5.74, 6) is 0.214. The number of rotatable bonds is 4. The van der Waals surface area contributed by atoms with Crippen LogP contribution in [0.2, 0.25) is 0 Å². The number of aromatic nitrogens is 2. The molecule has 0 radical (unpaired) electrons. The van der Waals surface area contributed by atoms with E-state index in [2.05, 4.69) is 31.2 Å². The quantitative estimate of drug-likeness (QED) is 0.727. The molecule has 3 aromatic rings. The summed E-state index contributed by atoms with van der Waals surface area (Å²) in [5, 5.41) is 3.66. The number of nitrogens with zero attached hydrogens (tertiary/aromatic N) is 2. The highest BCUT2D eigenvalue weighted by atomic mass is 79.9. The molecule has 0 bridgehead atoms. The Hall–Kier alpha value is -1.99. The number of thiophene rings is 1. The average molecular weight is 392 g/mol. The van der Waals surface area contributed by atoms with Crippen molar-refractivity contribution in [2.75, 3.05) is 11.9 Å². The van der Waals surface area contributed by atoms with Crippen LogP contribution in [-0.4, -0.2) is 22.5 Å². The van der Waals surface area contributed by atoms with Crippen molar-refractivity contribution in [1.82, 2.24) is 9.97 Å². The number of anilines is 1. The van der Waals surface area contributed by atoms with Gasteiger partial charge in [-0.05, 0) is 43.7 Å². The highest BCUT2D eigenvalue weighted by Crippen LogP contribution is 2.33. The number of ether oxygens (including phenoxy) is 1. The monoisotopic (exact) mass is 391 g/mol. The van der Waals surface area contributed by atoms with Crippen LogP contribution in [0.3, 0.4) is 0 Å². The third kappa shape index (κ3) is 3.51. The van der Waals surface area contributed by atoms with Crippen molar-refractivity contribution < 1.29 is 9.53 Å². The van der Waals surface area contributed by atoms with E-state index in [1.807, 2.05) is 38.1 Å². The van der Waals surface area contributed by atoms with Crippen molar-refractivity contribution in [1.29, 1.82) is 0 Å². The van der Waals surface area contributed by atoms with Gasteiger partial charge in [0.05, 0.1) is 5.39 Å². The Morgan fingerprint density at radius 2 is 2.00 bits per heavy atom. The van der Waals surface area contributed by atoms with Gasteiger partial charge >= 0.3 is 0 Å². The molecule has 0 aliphatic heterocycles. The Morgan fingerprint density at radius 3 is 2.74 bits per heavy atom. The summed E-state index contributed by atoms with van der Waals surface area (Å²) in [6, 6.07) is 7.36. The predicted molar refractivity (Wildman–Crippen MR) is 95.2 cm³/mol. The van der Waals surface area contributed by atoms with Gasteiger partial charge in [0.2, 0.25) is 5.88 Å². The van der Waals surface area contributed by atoms with Crippen LogP contribution in [-0.2, 0) is 4.79 Å². The van der Waals surface area contributed by atoms with Crippen LogP contribution in [0, 0.1) is 13.8 Å². The maximum absolute atomic E-state index is 12.0. The van der Waals surface area contributed by atoms with E-state index >= 15 is 0 Å². The van der Waals surface area contributed by atoms with Crippen molar-refractivity contribution in [2.24, 2.45) is 0 Å². The standard InChI is InChI=1S/C16H14BrN3O2S/c1-9-10(2)23-16-14(9)15(18-8-19-16)22-7-13(21)20-12-5-3-11(17)4-6-12/h3-6,8H,7H2,1-2H3,(H,20,21). The van der Waals surface area contributed by atoms with Gasteiger partial charge in [0.1, 0.15) is 11.2 Å². The number of fused-ring (bicyclic) bond motifs is 1. The van der Waals surface area contributed by atoms with Gasteiger partial charge in [-0.25, -0.2) is 9.97 Å². The second kappa shape index (κ2) is 6.64. The molecule has 3 rings (SSSR count). The average Bonchev–Trinajstić information content (AvgIpc) is 2.83. The first-order valence-corrected chi connectivity index (χ1v) is 8.54. The van der Waals surface area contributed by atoms with Gasteiger partial charge in [-0.3, -0.25) is 4.79 Å². The number of benzene rings is 1. The zero-order valence-electron chi connectivity index (χ0n) is 12.6. The van der Waals surface area contributed by atoms with E-state index in [4.69, 9.17) is 4.74 Å². The molecule has 23 heavy (non-hydrogen) atoms. The van der Waals surface area contributed by atoms with Crippen LogP contribution < -0.4 is 10.1 Å². The van der Waals surface area contributed by atoms with Crippen LogP contribution in [0.1, 0.15) is 10.4 Å². The molecule has 5 nitrogen and oxygen atoms in total. The Morgan fingerprint density at radius 1 is 1.26 bits per heavy atom. The van der Waals surface area contributed by atoms with Crippen LogP contribution in [0.25, 0.3) is 10.2 Å². The maximum Gasteiger partial charge on any atom is 0.262 e. The summed E-state index contributed by atoms with van der Waals surface area (Å²) in [6.07, 6.45) is 1.46. The van der Waals surface area contributed by atoms with E-state index in [0.717, 1.165) is 25.9 Å². The van der Waals surface area contributed by atoms with E-state index in [9.17, 15) is 4.79 Å². The molecule has 2 aromatic heterocycles. The van der Waals surface area contributed by atoms with Crippen LogP contribution in [0.15, 0.2) is 35.1 Å². The van der Waals surface area contributed by atoms with E-state index in [1.165, 1.54) is 11.2 Å². The first-order chi connectivity index (χ1) is 11.0. The van der Waals surface area contributed by atoms with E-state index in [0.29, 0.717) is 5.88 Å². The minimum absolute atomic E-state index is 0.101. The number of aryl methyl sites for hydroxylation is 2. The summed E-state index contributed by atoms with van der Waals surface area (Å²) in [4.78, 5) is 22.5. The zero-order chi connectivity index (χ0) is 16.4. The highest BCUT2D eigenvalue weighted by Gasteiger charge is 2.14. The topological polar surface area (TPSA) is 64.1 Å². The number of carbonyl (C=O) groups is 1. The molecule has 0 aliphatic rings. The molecule has 0 saturated heterocycles. The summed E-state index contributed by atoms with van der Waals surface area (Å²) in [6.45, 7) is 3.94. The summed E-state index contributed by atoms with van der Waals surface area (Å²) in [5.41, 5.74) is 1.81. The highest BCUT2D eigenvalue weighted by molar-refractivity contribution is 9.10. The largest absolute Gasteiger partial charge is 0.467 e. The molecule has 2 heterocycles. The Bertz CT molecular complexity index is 862. The van der Waals surface area contributed by atoms with Crippen molar-refractivity contribution in [2.45, 2.75) is 13.8 Å². The Balaban J connectivity index is 1.71. The fourth-order valence-electron chi connectivity index (χ4n) is 2.12. The Labute approximate surface area is 145 Å². The number of amides is 1. The van der Waals surface area contributed by atoms with Gasteiger partial charge in [-0.2, -0.15) is 0 Å². The number of carbonyl (C=O) groups excluding carboxylic acids is 1. The fraction of sp³-hybridized carbons (Fsp3) is 0.188. The number of hydrogen-bond acceptors (Lipinski definition) is 5. The number of hydrogen-bond donors (Lipinski definition) is 1. The van der Waals surface area contributed by atoms with Gasteiger partial charge in [-0.15, -0.1) is 11.3 Å². The second-order valence-electron chi connectivity index (χ2n) is 4.99. The molecule has 0 aliphatic carbocycles. The van der Waals surface area contributed by atoms with Crippen molar-refractivity contribution in [3.05, 3.63) is 45.5 Å². The second-order valence-corrected chi connectivity index (χ2v) is 7.10. The van der Waals surface area contributed by atoms with Gasteiger partial charge < -0.3 is 10.1 Å². The van der Waals surface area contributed by atoms with Crippen molar-refractivity contribution in [3.8, 4) is 5.88 Å². The molecule has 7 heteroatoms. The lowest BCUT2D eigenvalue weighted by Gasteiger charge is -2.08. The third-order valence-electron chi connectivity index (χ3n) is 3.40. The van der Waals surface area contributed by atoms with Crippen molar-refractivity contribution >= 4 is 49.1 Å². The minimum atomic E-state index is -0.233. The molecule has 0 fully saturated rings. The Kier molecular flexibility index (Phi) is 4.58. The molecule has 0 saturated carbocycles. The van der Waals surface area contributed by atoms with Crippen molar-refractivity contribution in [3.63, 3.8) is 0 Å². The molecule has 1 aromatic carbocycles. The zero-order valence-corrected chi connectivity index (χ0v) is 15.0. The lowest BCUT2D eigenvalue weighted by molar-refractivity contribution is -0.118. The molecule has 1 N–H and O–H groups in total. The van der Waals surface area contributed by atoms with E-state index in [1.54, 1.807) is 11.3 Å². The molecule has 118 valence electrons. The fourth-order valence-corrected chi connectivity index (χ4v) is 3.38. The van der Waals surface area contributed by atoms with E-state index in [-0.39, 0.29) is 12.5 Å². The lowest BCUT2D eigenvalue weighted by Crippen LogP contribution is -2.20.